The molecule has 0 radical (unpaired) electrons. The zero-order valence-electron chi connectivity index (χ0n) is 18.9. The van der Waals surface area contributed by atoms with Gasteiger partial charge in [-0.25, -0.2) is 0 Å². The van der Waals surface area contributed by atoms with Gasteiger partial charge in [-0.2, -0.15) is 5.26 Å². The minimum absolute atomic E-state index is 0.678. The predicted molar refractivity (Wildman–Crippen MR) is 127 cm³/mol. The second-order valence-electron chi connectivity index (χ2n) is 8.89. The summed E-state index contributed by atoms with van der Waals surface area (Å²) in [6.07, 6.45) is 0. The minimum atomic E-state index is 0.678. The molecule has 32 heavy (non-hydrogen) atoms. The SMILES string of the molecule is Cc1cc2[nH]c(CN3CCOCC3)cc2c(-c2ccc(N3CCN(C)CC3)cc2C#N)n1. The summed E-state index contributed by atoms with van der Waals surface area (Å²) in [6, 6.07) is 13.0. The Morgan fingerprint density at radius 1 is 1.06 bits per heavy atom. The number of nitrogens with one attached hydrogen (secondary N) is 1. The average Bonchev–Trinajstić information content (AvgIpc) is 3.21. The van der Waals surface area contributed by atoms with E-state index in [0.717, 1.165) is 92.6 Å². The average molecular weight is 431 g/mol. The number of pyridine rings is 1. The van der Waals surface area contributed by atoms with E-state index in [1.807, 2.05) is 13.0 Å². The highest BCUT2D eigenvalue weighted by Crippen LogP contribution is 2.33. The molecule has 5 rings (SSSR count). The zero-order chi connectivity index (χ0) is 22.1. The summed E-state index contributed by atoms with van der Waals surface area (Å²) >= 11 is 0. The Kier molecular flexibility index (Phi) is 5.83. The molecule has 7 nitrogen and oxygen atoms in total. The Balaban J connectivity index is 1.49. The van der Waals surface area contributed by atoms with Gasteiger partial charge in [0.2, 0.25) is 0 Å². The number of benzene rings is 1. The van der Waals surface area contributed by atoms with Gasteiger partial charge in [0.05, 0.1) is 30.5 Å². The Labute approximate surface area is 189 Å². The first-order chi connectivity index (χ1) is 15.6. The van der Waals surface area contributed by atoms with Crippen molar-refractivity contribution in [2.75, 3.05) is 64.4 Å². The summed E-state index contributed by atoms with van der Waals surface area (Å²) in [4.78, 5) is 15.5. The van der Waals surface area contributed by atoms with E-state index in [0.29, 0.717) is 5.56 Å². The van der Waals surface area contributed by atoms with Crippen LogP contribution in [0.1, 0.15) is 17.0 Å². The minimum Gasteiger partial charge on any atom is -0.379 e. The topological polar surface area (TPSA) is 71.4 Å². The van der Waals surface area contributed by atoms with Crippen molar-refractivity contribution in [2.24, 2.45) is 0 Å². The van der Waals surface area contributed by atoms with Gasteiger partial charge < -0.3 is 19.5 Å². The predicted octanol–water partition coefficient (Wildman–Crippen LogP) is 2.99. The Morgan fingerprint density at radius 3 is 2.59 bits per heavy atom. The highest BCUT2D eigenvalue weighted by molar-refractivity contribution is 5.95. The number of likely N-dealkylation sites (N-methyl/N-ethyl adjacent to an activating group) is 1. The number of fused-ring (bicyclic) bond motifs is 1. The summed E-state index contributed by atoms with van der Waals surface area (Å²) in [5.41, 5.74) is 6.76. The summed E-state index contributed by atoms with van der Waals surface area (Å²) in [6.45, 7) is 10.4. The van der Waals surface area contributed by atoms with Crippen molar-refractivity contribution < 1.29 is 4.74 Å². The summed E-state index contributed by atoms with van der Waals surface area (Å²) in [7, 11) is 2.15. The van der Waals surface area contributed by atoms with E-state index in [1.54, 1.807) is 0 Å². The third kappa shape index (κ3) is 4.22. The maximum atomic E-state index is 9.98. The van der Waals surface area contributed by atoms with Gasteiger partial charge in [-0.3, -0.25) is 9.88 Å². The number of hydrogen-bond donors (Lipinski definition) is 1. The maximum absolute atomic E-state index is 9.98. The molecule has 2 aromatic heterocycles. The summed E-state index contributed by atoms with van der Waals surface area (Å²) in [5, 5.41) is 11.0. The Morgan fingerprint density at radius 2 is 1.84 bits per heavy atom. The van der Waals surface area contributed by atoms with E-state index in [-0.39, 0.29) is 0 Å². The van der Waals surface area contributed by atoms with Crippen LogP contribution in [-0.4, -0.2) is 79.3 Å². The molecule has 3 aromatic rings. The Bertz CT molecular complexity index is 1150. The van der Waals surface area contributed by atoms with Gasteiger partial charge in [0.1, 0.15) is 0 Å². The van der Waals surface area contributed by atoms with Crippen LogP contribution in [0.5, 0.6) is 0 Å². The van der Waals surface area contributed by atoms with Gasteiger partial charge in [0.15, 0.2) is 0 Å². The van der Waals surface area contributed by atoms with Crippen molar-refractivity contribution in [3.8, 4) is 17.3 Å². The van der Waals surface area contributed by atoms with Gasteiger partial charge in [-0.1, -0.05) is 0 Å². The Hall–Kier alpha value is -2.92. The van der Waals surface area contributed by atoms with Crippen LogP contribution in [0.25, 0.3) is 22.2 Å². The lowest BCUT2D eigenvalue weighted by atomic mass is 10.0. The lowest BCUT2D eigenvalue weighted by Crippen LogP contribution is -2.44. The van der Waals surface area contributed by atoms with E-state index in [1.165, 1.54) is 5.69 Å². The monoisotopic (exact) mass is 430 g/mol. The highest BCUT2D eigenvalue weighted by Gasteiger charge is 2.19. The van der Waals surface area contributed by atoms with Crippen molar-refractivity contribution in [3.63, 3.8) is 0 Å². The molecule has 1 aromatic carbocycles. The molecule has 4 heterocycles. The zero-order valence-corrected chi connectivity index (χ0v) is 18.9. The lowest BCUT2D eigenvalue weighted by Gasteiger charge is -2.34. The number of morpholine rings is 1. The number of hydrogen-bond acceptors (Lipinski definition) is 6. The normalized spacial score (nSPS) is 18.2. The number of aryl methyl sites for hydroxylation is 1. The van der Waals surface area contributed by atoms with Crippen LogP contribution < -0.4 is 4.90 Å². The number of rotatable bonds is 4. The summed E-state index contributed by atoms with van der Waals surface area (Å²) in [5.74, 6) is 0. The van der Waals surface area contributed by atoms with Crippen LogP contribution >= 0.6 is 0 Å². The highest BCUT2D eigenvalue weighted by atomic mass is 16.5. The molecule has 0 unspecified atom stereocenters. The van der Waals surface area contributed by atoms with Crippen molar-refractivity contribution in [2.45, 2.75) is 13.5 Å². The van der Waals surface area contributed by atoms with E-state index in [2.05, 4.69) is 57.1 Å². The molecule has 2 saturated heterocycles. The first kappa shape index (κ1) is 21.0. The van der Waals surface area contributed by atoms with Gasteiger partial charge >= 0.3 is 0 Å². The number of nitrogens with zero attached hydrogens (tertiary/aromatic N) is 5. The van der Waals surface area contributed by atoms with Crippen molar-refractivity contribution in [1.29, 1.82) is 5.26 Å². The second-order valence-corrected chi connectivity index (χ2v) is 8.89. The maximum Gasteiger partial charge on any atom is 0.0999 e. The largest absolute Gasteiger partial charge is 0.379 e. The van der Waals surface area contributed by atoms with Crippen LogP contribution in [-0.2, 0) is 11.3 Å². The summed E-state index contributed by atoms with van der Waals surface area (Å²) < 4.78 is 5.47. The second kappa shape index (κ2) is 8.91. The molecular formula is C25H30N6O. The van der Waals surface area contributed by atoms with Gasteiger partial charge in [0, 0.05) is 79.4 Å². The molecule has 0 spiro atoms. The first-order valence-electron chi connectivity index (χ1n) is 11.4. The van der Waals surface area contributed by atoms with Crippen molar-refractivity contribution >= 4 is 16.6 Å². The van der Waals surface area contributed by atoms with Crippen LogP contribution in [0.2, 0.25) is 0 Å². The molecule has 0 saturated carbocycles. The molecule has 2 aliphatic heterocycles. The number of anilines is 1. The number of aromatic amines is 1. The van der Waals surface area contributed by atoms with Gasteiger partial charge in [-0.05, 0) is 44.3 Å². The number of piperazine rings is 1. The van der Waals surface area contributed by atoms with E-state index in [4.69, 9.17) is 9.72 Å². The van der Waals surface area contributed by atoms with Gasteiger partial charge in [-0.15, -0.1) is 0 Å². The number of aromatic nitrogens is 2. The molecule has 0 amide bonds. The van der Waals surface area contributed by atoms with Gasteiger partial charge in [0.25, 0.3) is 0 Å². The molecule has 0 atom stereocenters. The molecule has 0 aliphatic carbocycles. The molecule has 0 bridgehead atoms. The lowest BCUT2D eigenvalue weighted by molar-refractivity contribution is 0.0337. The third-order valence-electron chi connectivity index (χ3n) is 6.55. The fourth-order valence-corrected chi connectivity index (χ4v) is 4.70. The molecule has 166 valence electrons. The van der Waals surface area contributed by atoms with Crippen LogP contribution in [0, 0.1) is 18.3 Å². The van der Waals surface area contributed by atoms with E-state index >= 15 is 0 Å². The number of nitriles is 1. The molecule has 2 fully saturated rings. The number of H-pyrrole nitrogens is 1. The third-order valence-corrected chi connectivity index (χ3v) is 6.55. The fraction of sp³-hybridized carbons (Fsp3) is 0.440. The first-order valence-corrected chi connectivity index (χ1v) is 11.4. The molecular weight excluding hydrogens is 400 g/mol. The van der Waals surface area contributed by atoms with Crippen LogP contribution in [0.4, 0.5) is 5.69 Å². The standard InChI is InChI=1S/C25H30N6O/c1-18-13-24-23(15-20(28-24)17-30-9-11-32-12-10-30)25(27-18)22-4-3-21(14-19(22)16-26)31-7-5-29(2)6-8-31/h3-4,13-15,28H,5-12,17H2,1-2H3. The van der Waals surface area contributed by atoms with Crippen molar-refractivity contribution in [3.05, 3.63) is 47.3 Å². The van der Waals surface area contributed by atoms with Crippen LogP contribution in [0.15, 0.2) is 30.3 Å². The smallest absolute Gasteiger partial charge is 0.0999 e. The quantitative estimate of drug-likeness (QED) is 0.686. The van der Waals surface area contributed by atoms with E-state index < -0.39 is 0 Å². The van der Waals surface area contributed by atoms with Crippen LogP contribution in [0.3, 0.4) is 0 Å². The fourth-order valence-electron chi connectivity index (χ4n) is 4.70. The molecule has 2 aliphatic rings. The van der Waals surface area contributed by atoms with E-state index in [9.17, 15) is 5.26 Å². The van der Waals surface area contributed by atoms with Crippen molar-refractivity contribution in [1.82, 2.24) is 19.8 Å². The number of ether oxygens (including phenoxy) is 1. The molecule has 1 N–H and O–H groups in total. The molecule has 7 heteroatoms.